The van der Waals surface area contributed by atoms with E-state index in [0.29, 0.717) is 16.5 Å². The average Bonchev–Trinajstić information content (AvgIpc) is 3.35. The molecule has 2 radical (unpaired) electrons. The molecular weight excluding hydrogens is 544 g/mol. The van der Waals surface area contributed by atoms with Gasteiger partial charge in [0.25, 0.3) is 0 Å². The third-order valence-corrected chi connectivity index (χ3v) is 7.03. The van der Waals surface area contributed by atoms with Crippen molar-refractivity contribution in [3.8, 4) is 0 Å². The summed E-state index contributed by atoms with van der Waals surface area (Å²) in [6.07, 6.45) is 1.45. The number of halogens is 1. The van der Waals surface area contributed by atoms with Crippen molar-refractivity contribution < 1.29 is 18.8 Å². The van der Waals surface area contributed by atoms with E-state index in [-0.39, 0.29) is 39.6 Å². The second kappa shape index (κ2) is 12.6. The Morgan fingerprint density at radius 2 is 1.60 bits per heavy atom. The number of nitrogens with zero attached hydrogens (tertiary/aromatic N) is 3. The van der Waals surface area contributed by atoms with Gasteiger partial charge in [-0.1, -0.05) is 93.0 Å². The zero-order valence-corrected chi connectivity index (χ0v) is 24.6. The fourth-order valence-corrected chi connectivity index (χ4v) is 5.01. The second-order valence-electron chi connectivity index (χ2n) is 10.1. The molecule has 8 nitrogen and oxygen atoms in total. The Kier molecular flexibility index (Phi) is 9.19. The summed E-state index contributed by atoms with van der Waals surface area (Å²) in [7, 11) is 0.0621. The summed E-state index contributed by atoms with van der Waals surface area (Å²) in [5.41, 5.74) is 1.06. The molecule has 0 aliphatic rings. The number of nitrogens with one attached hydrogen (secondary N) is 1. The van der Waals surface area contributed by atoms with Gasteiger partial charge in [0.2, 0.25) is 15.7 Å². The summed E-state index contributed by atoms with van der Waals surface area (Å²) in [6, 6.07) is 24.4. The van der Waals surface area contributed by atoms with Gasteiger partial charge >= 0.3 is 5.97 Å². The molecule has 0 spiro atoms. The van der Waals surface area contributed by atoms with Gasteiger partial charge in [0.05, 0.1) is 17.3 Å². The Labute approximate surface area is 241 Å². The van der Waals surface area contributed by atoms with Gasteiger partial charge in [-0.3, -0.25) is 9.48 Å². The Bertz CT molecular complexity index is 1400. The van der Waals surface area contributed by atoms with E-state index in [0.717, 1.165) is 11.1 Å². The number of hydrogen-bond donors (Lipinski definition) is 1. The highest BCUT2D eigenvalue weighted by Crippen LogP contribution is 2.42. The van der Waals surface area contributed by atoms with Crippen LogP contribution in [-0.4, -0.2) is 43.0 Å². The molecule has 0 fully saturated rings. The second-order valence-corrected chi connectivity index (χ2v) is 12.4. The zero-order valence-electron chi connectivity index (χ0n) is 22.8. The topological polar surface area (TPSA) is 95.3 Å². The first kappa shape index (κ1) is 29.2. The van der Waals surface area contributed by atoms with Gasteiger partial charge in [-0.2, -0.15) is 5.10 Å². The summed E-state index contributed by atoms with van der Waals surface area (Å²) < 4.78 is 13.7. The van der Waals surface area contributed by atoms with Gasteiger partial charge in [-0.25, -0.2) is 9.78 Å². The normalized spacial score (nSPS) is 11.7. The van der Waals surface area contributed by atoms with E-state index in [1.54, 1.807) is 25.1 Å². The van der Waals surface area contributed by atoms with Crippen molar-refractivity contribution in [2.75, 3.05) is 11.9 Å². The highest BCUT2D eigenvalue weighted by molar-refractivity contribution is 6.32. The Morgan fingerprint density at radius 1 is 0.975 bits per heavy atom. The van der Waals surface area contributed by atoms with Gasteiger partial charge < -0.3 is 14.5 Å². The predicted molar refractivity (Wildman–Crippen MR) is 155 cm³/mol. The molecule has 2 aromatic carbocycles. The van der Waals surface area contributed by atoms with Crippen molar-refractivity contribution >= 4 is 39.1 Å². The summed E-state index contributed by atoms with van der Waals surface area (Å²) >= 11 is 5.94. The third-order valence-electron chi connectivity index (χ3n) is 5.78. The molecule has 2 aromatic heterocycles. The maximum absolute atomic E-state index is 13.2. The molecule has 0 saturated heterocycles. The quantitative estimate of drug-likeness (QED) is 0.187. The maximum atomic E-state index is 13.2. The lowest BCUT2D eigenvalue weighted by Gasteiger charge is -2.37. The van der Waals surface area contributed by atoms with Crippen LogP contribution in [0.25, 0.3) is 0 Å². The molecule has 4 aromatic rings. The van der Waals surface area contributed by atoms with E-state index >= 15 is 0 Å². The van der Waals surface area contributed by atoms with E-state index in [9.17, 15) is 9.59 Å². The number of carbonyl (C=O) groups is 2. The van der Waals surface area contributed by atoms with Gasteiger partial charge in [-0.15, -0.1) is 0 Å². The van der Waals surface area contributed by atoms with Crippen LogP contribution in [0.15, 0.2) is 85.1 Å². The first-order valence-electron chi connectivity index (χ1n) is 12.9. The summed E-state index contributed by atoms with van der Waals surface area (Å²) in [6.45, 7) is 8.01. The maximum Gasteiger partial charge on any atom is 0.358 e. The number of esters is 1. The van der Waals surface area contributed by atoms with E-state index in [2.05, 4.69) is 36.2 Å². The average molecular weight is 575 g/mol. The molecule has 1 N–H and O–H groups in total. The third kappa shape index (κ3) is 6.85. The van der Waals surface area contributed by atoms with Crippen LogP contribution in [0.5, 0.6) is 0 Å². The lowest BCUT2D eigenvalue weighted by Crippen LogP contribution is -2.39. The SMILES string of the molecule is CCOC(=O)c1cc(C(O[Si]C(C)(C)C)(c2ccccc2)c2ccccc2)n(CC(=O)Nc2ccc(Cl)cn2)n1. The number of ether oxygens (including phenoxy) is 1. The van der Waals surface area contributed by atoms with Crippen LogP contribution in [0.4, 0.5) is 5.82 Å². The number of benzene rings is 2. The van der Waals surface area contributed by atoms with Crippen molar-refractivity contribution in [2.24, 2.45) is 0 Å². The molecule has 0 bridgehead atoms. The van der Waals surface area contributed by atoms with Crippen LogP contribution < -0.4 is 5.32 Å². The summed E-state index contributed by atoms with van der Waals surface area (Å²) in [4.78, 5) is 30.3. The molecule has 1 amide bonds. The Morgan fingerprint density at radius 3 is 2.12 bits per heavy atom. The molecule has 2 heterocycles. The molecule has 40 heavy (non-hydrogen) atoms. The largest absolute Gasteiger partial charge is 0.461 e. The van der Waals surface area contributed by atoms with Crippen LogP contribution >= 0.6 is 11.6 Å². The number of pyridine rings is 1. The van der Waals surface area contributed by atoms with Gasteiger partial charge in [0.15, 0.2) is 5.69 Å². The summed E-state index contributed by atoms with van der Waals surface area (Å²) in [5.74, 6) is -0.630. The first-order chi connectivity index (χ1) is 19.1. The minimum atomic E-state index is -1.19. The molecule has 0 aliphatic heterocycles. The number of amides is 1. The molecule has 4 rings (SSSR count). The van der Waals surface area contributed by atoms with Crippen LogP contribution in [0.2, 0.25) is 10.1 Å². The molecule has 10 heteroatoms. The standard InChI is InChI=1S/C30H31ClN4O4Si/c1-5-38-28(37)24-18-25(35(34-24)20-27(36)33-26-17-16-23(31)19-32-26)30(39-40-29(2,3)4,21-12-8-6-9-13-21)22-14-10-7-11-15-22/h6-19H,5,20H2,1-4H3,(H,32,33,36). The zero-order chi connectivity index (χ0) is 28.8. The van der Waals surface area contributed by atoms with Crippen molar-refractivity contribution in [1.82, 2.24) is 14.8 Å². The van der Waals surface area contributed by atoms with Crippen molar-refractivity contribution in [1.29, 1.82) is 0 Å². The summed E-state index contributed by atoms with van der Waals surface area (Å²) in [5, 5.41) is 7.61. The molecule has 0 aliphatic carbocycles. The number of carbonyl (C=O) groups excluding carboxylic acids is 2. The number of hydrogen-bond acceptors (Lipinski definition) is 6. The molecule has 0 unspecified atom stereocenters. The van der Waals surface area contributed by atoms with Crippen molar-refractivity contribution in [3.05, 3.63) is 113 Å². The Balaban J connectivity index is 1.90. The number of rotatable bonds is 10. The van der Waals surface area contributed by atoms with E-state index in [4.69, 9.17) is 20.8 Å². The number of aromatic nitrogens is 3. The highest BCUT2D eigenvalue weighted by atomic mass is 35.5. The lowest BCUT2D eigenvalue weighted by molar-refractivity contribution is -0.117. The molecule has 206 valence electrons. The fraction of sp³-hybridized carbons (Fsp3) is 0.267. The van der Waals surface area contributed by atoms with Crippen LogP contribution in [0.1, 0.15) is 55.0 Å². The van der Waals surface area contributed by atoms with Gasteiger partial charge in [0, 0.05) is 6.20 Å². The van der Waals surface area contributed by atoms with Crippen molar-refractivity contribution in [2.45, 2.75) is 44.9 Å². The monoisotopic (exact) mass is 574 g/mol. The first-order valence-corrected chi connectivity index (χ1v) is 14.1. The van der Waals surface area contributed by atoms with Gasteiger partial charge in [0.1, 0.15) is 18.0 Å². The van der Waals surface area contributed by atoms with Gasteiger partial charge in [-0.05, 0) is 41.3 Å². The fourth-order valence-electron chi connectivity index (χ4n) is 4.10. The number of anilines is 1. The van der Waals surface area contributed by atoms with Crippen molar-refractivity contribution in [3.63, 3.8) is 0 Å². The van der Waals surface area contributed by atoms with Crippen LogP contribution in [0.3, 0.4) is 0 Å². The smallest absolute Gasteiger partial charge is 0.358 e. The molecule has 0 saturated carbocycles. The minimum Gasteiger partial charge on any atom is -0.461 e. The Hall–Kier alpha value is -3.79. The highest BCUT2D eigenvalue weighted by Gasteiger charge is 2.42. The predicted octanol–water partition coefficient (Wildman–Crippen LogP) is 5.89. The van der Waals surface area contributed by atoms with E-state index in [1.807, 2.05) is 60.7 Å². The van der Waals surface area contributed by atoms with Crippen LogP contribution in [-0.2, 0) is 26.1 Å². The molecule has 0 atom stereocenters. The molecular formula is C30H31ClN4O4Si. The lowest BCUT2D eigenvalue weighted by atomic mass is 9.83. The minimum absolute atomic E-state index is 0.0621. The van der Waals surface area contributed by atoms with E-state index < -0.39 is 11.6 Å². The van der Waals surface area contributed by atoms with E-state index in [1.165, 1.54) is 10.9 Å². The van der Waals surface area contributed by atoms with Crippen LogP contribution in [0, 0.1) is 0 Å².